The highest BCUT2D eigenvalue weighted by atomic mass is 16.5. The molecule has 110 valence electrons. The van der Waals surface area contributed by atoms with Crippen LogP contribution in [0.3, 0.4) is 0 Å². The molecule has 0 fully saturated rings. The van der Waals surface area contributed by atoms with E-state index in [-0.39, 0.29) is 11.0 Å². The zero-order chi connectivity index (χ0) is 14.1. The monoisotopic (exact) mass is 259 g/mol. The molecule has 0 spiro atoms. The molecule has 0 aromatic rings. The molecule has 3 nitrogen and oxygen atoms in total. The van der Waals surface area contributed by atoms with Crippen molar-refractivity contribution in [1.29, 1.82) is 0 Å². The van der Waals surface area contributed by atoms with Crippen LogP contribution in [0.1, 0.15) is 54.4 Å². The molecule has 0 aliphatic carbocycles. The zero-order valence-corrected chi connectivity index (χ0v) is 13.3. The lowest BCUT2D eigenvalue weighted by Crippen LogP contribution is -2.36. The third kappa shape index (κ3) is 15.9. The van der Waals surface area contributed by atoms with Crippen LogP contribution in [0.4, 0.5) is 0 Å². The van der Waals surface area contributed by atoms with Crippen LogP contribution < -0.4 is 5.32 Å². The Kier molecular flexibility index (Phi) is 8.83. The molecule has 0 aromatic carbocycles. The van der Waals surface area contributed by atoms with Crippen molar-refractivity contribution in [3.05, 3.63) is 0 Å². The average Bonchev–Trinajstić information content (AvgIpc) is 2.17. The van der Waals surface area contributed by atoms with Gasteiger partial charge in [0.05, 0.1) is 6.61 Å². The van der Waals surface area contributed by atoms with Gasteiger partial charge >= 0.3 is 0 Å². The molecule has 1 N–H and O–H groups in total. The molecular weight excluding hydrogens is 226 g/mol. The lowest BCUT2D eigenvalue weighted by molar-refractivity contribution is 0.0479. The van der Waals surface area contributed by atoms with Gasteiger partial charge in [-0.1, -0.05) is 20.8 Å². The van der Waals surface area contributed by atoms with Gasteiger partial charge in [-0.25, -0.2) is 0 Å². The van der Waals surface area contributed by atoms with Crippen molar-refractivity contribution in [2.75, 3.05) is 33.0 Å². The third-order valence-corrected chi connectivity index (χ3v) is 2.23. The third-order valence-electron chi connectivity index (χ3n) is 2.23. The van der Waals surface area contributed by atoms with Crippen LogP contribution in [0.15, 0.2) is 0 Å². The van der Waals surface area contributed by atoms with Crippen molar-refractivity contribution >= 4 is 0 Å². The zero-order valence-electron chi connectivity index (χ0n) is 13.3. The van der Waals surface area contributed by atoms with Crippen LogP contribution in [-0.2, 0) is 9.47 Å². The maximum atomic E-state index is 5.58. The molecule has 0 amide bonds. The fourth-order valence-corrected chi connectivity index (χ4v) is 1.38. The van der Waals surface area contributed by atoms with Crippen molar-refractivity contribution in [2.24, 2.45) is 5.41 Å². The summed E-state index contributed by atoms with van der Waals surface area (Å²) in [5, 5.41) is 3.44. The Labute approximate surface area is 114 Å². The van der Waals surface area contributed by atoms with Gasteiger partial charge in [-0.05, 0) is 45.6 Å². The fraction of sp³-hybridized carbons (Fsp3) is 1.00. The van der Waals surface area contributed by atoms with E-state index in [0.717, 1.165) is 45.8 Å². The van der Waals surface area contributed by atoms with E-state index >= 15 is 0 Å². The predicted molar refractivity (Wildman–Crippen MR) is 78.1 cm³/mol. The number of nitrogens with one attached hydrogen (secondary N) is 1. The Balaban J connectivity index is 3.13. The standard InChI is InChI=1S/C15H33NO2/c1-14(2,3)13-18-12-8-11-17-10-7-9-16-15(4,5)6/h16H,7-13H2,1-6H3. The molecule has 0 heterocycles. The summed E-state index contributed by atoms with van der Waals surface area (Å²) in [6.07, 6.45) is 2.06. The Morgan fingerprint density at radius 2 is 1.33 bits per heavy atom. The molecule has 0 aliphatic heterocycles. The van der Waals surface area contributed by atoms with E-state index in [1.165, 1.54) is 0 Å². The summed E-state index contributed by atoms with van der Waals surface area (Å²) in [6.45, 7) is 17.4. The summed E-state index contributed by atoms with van der Waals surface area (Å²) >= 11 is 0. The average molecular weight is 259 g/mol. The molecule has 0 saturated carbocycles. The van der Waals surface area contributed by atoms with Gasteiger partial charge in [-0.15, -0.1) is 0 Å². The highest BCUT2D eigenvalue weighted by molar-refractivity contribution is 4.69. The molecule has 0 aromatic heterocycles. The van der Waals surface area contributed by atoms with Gasteiger partial charge in [0.15, 0.2) is 0 Å². The molecular formula is C15H33NO2. The summed E-state index contributed by atoms with van der Waals surface area (Å²) in [5.41, 5.74) is 0.472. The fourth-order valence-electron chi connectivity index (χ4n) is 1.38. The van der Waals surface area contributed by atoms with Gasteiger partial charge in [-0.2, -0.15) is 0 Å². The van der Waals surface area contributed by atoms with Crippen molar-refractivity contribution in [3.63, 3.8) is 0 Å². The van der Waals surface area contributed by atoms with Crippen LogP contribution in [0, 0.1) is 5.41 Å². The highest BCUT2D eigenvalue weighted by Crippen LogP contribution is 2.12. The minimum absolute atomic E-state index is 0.209. The maximum Gasteiger partial charge on any atom is 0.0514 e. The second-order valence-corrected chi connectivity index (χ2v) is 7.11. The molecule has 0 radical (unpaired) electrons. The van der Waals surface area contributed by atoms with E-state index in [0.29, 0.717) is 0 Å². The Morgan fingerprint density at radius 1 is 0.778 bits per heavy atom. The number of hydrogen-bond donors (Lipinski definition) is 1. The van der Waals surface area contributed by atoms with Crippen LogP contribution in [0.2, 0.25) is 0 Å². The van der Waals surface area contributed by atoms with E-state index in [9.17, 15) is 0 Å². The molecule has 0 saturated heterocycles. The van der Waals surface area contributed by atoms with E-state index in [1.807, 2.05) is 0 Å². The first kappa shape index (κ1) is 17.9. The minimum atomic E-state index is 0.209. The van der Waals surface area contributed by atoms with Crippen molar-refractivity contribution in [1.82, 2.24) is 5.32 Å². The quantitative estimate of drug-likeness (QED) is 0.645. The first-order valence-electron chi connectivity index (χ1n) is 7.11. The van der Waals surface area contributed by atoms with Gasteiger partial charge in [0, 0.05) is 25.4 Å². The summed E-state index contributed by atoms with van der Waals surface area (Å²) in [7, 11) is 0. The van der Waals surface area contributed by atoms with Gasteiger partial charge in [0.1, 0.15) is 0 Å². The van der Waals surface area contributed by atoms with Crippen LogP contribution in [0.25, 0.3) is 0 Å². The molecule has 0 bridgehead atoms. The van der Waals surface area contributed by atoms with Gasteiger partial charge < -0.3 is 14.8 Å². The van der Waals surface area contributed by atoms with Crippen molar-refractivity contribution < 1.29 is 9.47 Å². The summed E-state index contributed by atoms with van der Waals surface area (Å²) in [4.78, 5) is 0. The highest BCUT2D eigenvalue weighted by Gasteiger charge is 2.09. The van der Waals surface area contributed by atoms with Crippen LogP contribution >= 0.6 is 0 Å². The summed E-state index contributed by atoms with van der Waals surface area (Å²) in [6, 6.07) is 0. The second kappa shape index (κ2) is 8.89. The van der Waals surface area contributed by atoms with Crippen molar-refractivity contribution in [3.8, 4) is 0 Å². The number of hydrogen-bond acceptors (Lipinski definition) is 3. The minimum Gasteiger partial charge on any atom is -0.381 e. The molecule has 18 heavy (non-hydrogen) atoms. The second-order valence-electron chi connectivity index (χ2n) is 7.11. The van der Waals surface area contributed by atoms with E-state index < -0.39 is 0 Å². The number of rotatable bonds is 9. The Bertz CT molecular complexity index is 170. The first-order valence-corrected chi connectivity index (χ1v) is 7.11. The molecule has 3 heteroatoms. The van der Waals surface area contributed by atoms with E-state index in [1.54, 1.807) is 0 Å². The Hall–Kier alpha value is -0.120. The first-order chi connectivity index (χ1) is 8.21. The van der Waals surface area contributed by atoms with E-state index in [4.69, 9.17) is 9.47 Å². The largest absolute Gasteiger partial charge is 0.381 e. The van der Waals surface area contributed by atoms with E-state index in [2.05, 4.69) is 46.9 Å². The number of ether oxygens (including phenoxy) is 2. The Morgan fingerprint density at radius 3 is 1.89 bits per heavy atom. The molecule has 0 atom stereocenters. The molecule has 0 aliphatic rings. The SMILES string of the molecule is CC(C)(C)COCCCOCCCNC(C)(C)C. The summed E-state index contributed by atoms with van der Waals surface area (Å²) in [5.74, 6) is 0. The maximum absolute atomic E-state index is 5.58. The van der Waals surface area contributed by atoms with Crippen LogP contribution in [0.5, 0.6) is 0 Å². The lowest BCUT2D eigenvalue weighted by Gasteiger charge is -2.20. The van der Waals surface area contributed by atoms with Crippen LogP contribution in [-0.4, -0.2) is 38.5 Å². The topological polar surface area (TPSA) is 30.5 Å². The van der Waals surface area contributed by atoms with Gasteiger partial charge in [-0.3, -0.25) is 0 Å². The smallest absolute Gasteiger partial charge is 0.0514 e. The molecule has 0 unspecified atom stereocenters. The lowest BCUT2D eigenvalue weighted by atomic mass is 9.99. The van der Waals surface area contributed by atoms with Crippen molar-refractivity contribution in [2.45, 2.75) is 59.9 Å². The summed E-state index contributed by atoms with van der Waals surface area (Å²) < 4.78 is 11.1. The predicted octanol–water partition coefficient (Wildman–Crippen LogP) is 3.23. The van der Waals surface area contributed by atoms with Gasteiger partial charge in [0.25, 0.3) is 0 Å². The normalized spacial score (nSPS) is 13.0. The molecule has 0 rings (SSSR count). The van der Waals surface area contributed by atoms with Gasteiger partial charge in [0.2, 0.25) is 0 Å².